The smallest absolute Gasteiger partial charge is 0.289 e. The number of anilines is 1. The molecule has 0 aliphatic heterocycles. The molecule has 2 saturated carbocycles. The normalized spacial score (nSPS) is 19.6. The Morgan fingerprint density at radius 3 is 2.21 bits per heavy atom. The first-order valence-corrected chi connectivity index (χ1v) is 13.8. The summed E-state index contributed by atoms with van der Waals surface area (Å²) in [5.74, 6) is 1.16. The van der Waals surface area contributed by atoms with Crippen molar-refractivity contribution in [1.29, 1.82) is 5.41 Å². The molecule has 2 aromatic carbocycles. The average Bonchev–Trinajstić information content (AvgIpc) is 3.19. The zero-order valence-corrected chi connectivity index (χ0v) is 24.2. The summed E-state index contributed by atoms with van der Waals surface area (Å²) in [6.07, 6.45) is 11.0. The molecule has 0 radical (unpaired) electrons. The van der Waals surface area contributed by atoms with E-state index in [0.717, 1.165) is 73.4 Å². The lowest BCUT2D eigenvalue weighted by Crippen LogP contribution is -2.48. The second-order valence-corrected chi connectivity index (χ2v) is 10.6. The van der Waals surface area contributed by atoms with Crippen molar-refractivity contribution in [2.24, 2.45) is 0 Å². The van der Waals surface area contributed by atoms with Crippen LogP contribution in [0, 0.1) is 12.3 Å². The van der Waals surface area contributed by atoms with Gasteiger partial charge in [0.2, 0.25) is 5.82 Å². The monoisotopic (exact) mass is 570 g/mol. The lowest BCUT2D eigenvalue weighted by molar-refractivity contribution is 0.0923. The molecule has 2 aliphatic rings. The maximum absolute atomic E-state index is 13.2. The van der Waals surface area contributed by atoms with Crippen LogP contribution in [0.1, 0.15) is 86.0 Å². The number of hydrogen-bond acceptors (Lipinski definition) is 5. The fourth-order valence-electron chi connectivity index (χ4n) is 5.65. The van der Waals surface area contributed by atoms with Gasteiger partial charge in [-0.2, -0.15) is 0 Å². The fraction of sp³-hybridized carbons (Fsp3) is 0.467. The third-order valence-corrected chi connectivity index (χ3v) is 7.72. The number of amidine groups is 1. The molecule has 0 bridgehead atoms. The molecule has 0 unspecified atom stereocenters. The zero-order valence-electron chi connectivity index (χ0n) is 22.5. The predicted molar refractivity (Wildman–Crippen MR) is 164 cm³/mol. The number of rotatable bonds is 6. The van der Waals surface area contributed by atoms with Crippen molar-refractivity contribution in [2.75, 3.05) is 5.32 Å². The summed E-state index contributed by atoms with van der Waals surface area (Å²) in [4.78, 5) is 22.7. The van der Waals surface area contributed by atoms with E-state index < -0.39 is 0 Å². The molecule has 5 rings (SSSR count). The number of nitrogens with one attached hydrogen (secondary N) is 4. The summed E-state index contributed by atoms with van der Waals surface area (Å²) < 4.78 is 0. The van der Waals surface area contributed by atoms with Gasteiger partial charge in [-0.1, -0.05) is 80.5 Å². The van der Waals surface area contributed by atoms with Crippen LogP contribution in [-0.4, -0.2) is 39.8 Å². The Morgan fingerprint density at radius 2 is 1.49 bits per heavy atom. The minimum atomic E-state index is -0.193. The molecular weight excluding hydrogens is 531 g/mol. The fourth-order valence-corrected chi connectivity index (χ4v) is 5.65. The Hall–Kier alpha value is -2.90. The number of carbonyl (C=O) groups is 1. The van der Waals surface area contributed by atoms with E-state index in [4.69, 9.17) is 10.4 Å². The highest BCUT2D eigenvalue weighted by molar-refractivity contribution is 5.97. The second kappa shape index (κ2) is 14.5. The zero-order chi connectivity index (χ0) is 25.6. The van der Waals surface area contributed by atoms with Crippen molar-refractivity contribution in [1.82, 2.24) is 20.6 Å². The van der Waals surface area contributed by atoms with Crippen LogP contribution < -0.4 is 16.0 Å². The van der Waals surface area contributed by atoms with Crippen molar-refractivity contribution in [3.63, 3.8) is 0 Å². The van der Waals surface area contributed by atoms with Gasteiger partial charge in [0, 0.05) is 29.1 Å². The lowest BCUT2D eigenvalue weighted by Gasteiger charge is -2.34. The quantitative estimate of drug-likeness (QED) is 0.152. The molecule has 2 fully saturated rings. The van der Waals surface area contributed by atoms with E-state index >= 15 is 0 Å². The highest BCUT2D eigenvalue weighted by Crippen LogP contribution is 2.27. The number of benzene rings is 2. The van der Waals surface area contributed by atoms with Gasteiger partial charge in [0.15, 0.2) is 0 Å². The van der Waals surface area contributed by atoms with Crippen LogP contribution in [0.5, 0.6) is 0 Å². The molecule has 1 aromatic heterocycles. The van der Waals surface area contributed by atoms with E-state index in [0.29, 0.717) is 11.7 Å². The Kier molecular flexibility index (Phi) is 11.4. The minimum Gasteiger partial charge on any atom is -0.365 e. The maximum Gasteiger partial charge on any atom is 0.289 e. The lowest BCUT2D eigenvalue weighted by atomic mass is 9.89. The molecule has 2 atom stereocenters. The van der Waals surface area contributed by atoms with E-state index in [1.165, 1.54) is 12.8 Å². The van der Waals surface area contributed by atoms with Crippen molar-refractivity contribution in [2.45, 2.75) is 89.3 Å². The largest absolute Gasteiger partial charge is 0.365 e. The van der Waals surface area contributed by atoms with Crippen molar-refractivity contribution in [3.05, 3.63) is 65.5 Å². The number of nitrogens with zero attached hydrogens (tertiary/aromatic N) is 2. The highest BCUT2D eigenvalue weighted by atomic mass is 35.5. The van der Waals surface area contributed by atoms with Gasteiger partial charge in [0.05, 0.1) is 5.52 Å². The van der Waals surface area contributed by atoms with Crippen LogP contribution >= 0.6 is 24.8 Å². The van der Waals surface area contributed by atoms with Crippen molar-refractivity contribution >= 4 is 53.3 Å². The van der Waals surface area contributed by atoms with Crippen LogP contribution in [0.3, 0.4) is 0 Å². The number of aryl methyl sites for hydroxylation is 1. The number of hydrogen-bond donors (Lipinski definition) is 4. The van der Waals surface area contributed by atoms with Crippen LogP contribution in [0.2, 0.25) is 0 Å². The van der Waals surface area contributed by atoms with E-state index in [-0.39, 0.29) is 54.7 Å². The van der Waals surface area contributed by atoms with Gasteiger partial charge >= 0.3 is 0 Å². The summed E-state index contributed by atoms with van der Waals surface area (Å²) >= 11 is 0. The Bertz CT molecular complexity index is 1250. The number of fused-ring (bicyclic) bond motifs is 1. The Labute approximate surface area is 243 Å². The summed E-state index contributed by atoms with van der Waals surface area (Å²) in [7, 11) is 0. The van der Waals surface area contributed by atoms with Crippen LogP contribution in [-0.2, 0) is 0 Å². The summed E-state index contributed by atoms with van der Waals surface area (Å²) in [6, 6.07) is 16.3. The summed E-state index contributed by atoms with van der Waals surface area (Å²) in [5, 5.41) is 19.9. The number of amides is 1. The van der Waals surface area contributed by atoms with E-state index in [2.05, 4.69) is 33.9 Å². The van der Waals surface area contributed by atoms with Crippen LogP contribution in [0.4, 0.5) is 5.82 Å². The highest BCUT2D eigenvalue weighted by Gasteiger charge is 2.28. The van der Waals surface area contributed by atoms with Gasteiger partial charge in [-0.05, 0) is 44.7 Å². The molecule has 9 heteroatoms. The molecule has 0 spiro atoms. The van der Waals surface area contributed by atoms with Gasteiger partial charge < -0.3 is 16.0 Å². The maximum atomic E-state index is 13.2. The molecule has 3 aromatic rings. The van der Waals surface area contributed by atoms with Crippen molar-refractivity contribution < 1.29 is 4.79 Å². The Balaban J connectivity index is 0.00000210. The number of carbonyl (C=O) groups excluding carboxylic acids is 1. The first-order valence-electron chi connectivity index (χ1n) is 13.8. The molecule has 1 heterocycles. The van der Waals surface area contributed by atoms with Gasteiger partial charge in [0.25, 0.3) is 5.91 Å². The topological polar surface area (TPSA) is 103 Å². The molecule has 2 aliphatic carbocycles. The van der Waals surface area contributed by atoms with Crippen molar-refractivity contribution in [3.8, 4) is 0 Å². The second-order valence-electron chi connectivity index (χ2n) is 10.6. The number of aromatic nitrogens is 2. The molecular formula is C30H40Cl2N6O. The van der Waals surface area contributed by atoms with Crippen LogP contribution in [0.15, 0.2) is 48.5 Å². The predicted octanol–water partition coefficient (Wildman–Crippen LogP) is 6.57. The number of halogens is 2. The van der Waals surface area contributed by atoms with Gasteiger partial charge in [-0.3, -0.25) is 10.2 Å². The van der Waals surface area contributed by atoms with E-state index in [9.17, 15) is 4.79 Å². The first-order chi connectivity index (χ1) is 18.1. The third-order valence-electron chi connectivity index (χ3n) is 7.72. The van der Waals surface area contributed by atoms with Crippen LogP contribution in [0.25, 0.3) is 10.9 Å². The van der Waals surface area contributed by atoms with Gasteiger partial charge in [-0.25, -0.2) is 9.97 Å². The van der Waals surface area contributed by atoms with E-state index in [1.54, 1.807) is 0 Å². The average molecular weight is 572 g/mol. The third kappa shape index (κ3) is 7.83. The summed E-state index contributed by atoms with van der Waals surface area (Å²) in [5.41, 5.74) is 2.78. The van der Waals surface area contributed by atoms with Gasteiger partial charge in [-0.15, -0.1) is 24.8 Å². The molecule has 210 valence electrons. The van der Waals surface area contributed by atoms with E-state index in [1.807, 2.05) is 42.5 Å². The Morgan fingerprint density at radius 1 is 0.821 bits per heavy atom. The molecule has 7 nitrogen and oxygen atoms in total. The molecule has 1 amide bonds. The molecule has 39 heavy (non-hydrogen) atoms. The summed E-state index contributed by atoms with van der Waals surface area (Å²) in [6.45, 7) is 2.06. The minimum absolute atomic E-state index is 0. The standard InChI is InChI=1S/C30H38N6O.2ClH/c1-20-17-18-24-23(19-20)28(36-29(34-24)30(37)32-22-13-7-2-3-8-14-22)35-26-16-10-9-15-25(26)33-27(31)21-11-5-4-6-12-21;;/h4-6,11-12,17-19,22,25-26H,2-3,7-10,13-16H2,1H3,(H2,31,33)(H,32,37)(H,34,35,36);2*1H/t25-,26+;;/m1../s1. The molecule has 4 N–H and O–H groups in total. The van der Waals surface area contributed by atoms with Gasteiger partial charge in [0.1, 0.15) is 11.7 Å². The SMILES string of the molecule is Cc1ccc2nc(C(=O)NC3CCCCCC3)nc(N[C@H]3CCCC[C@H]3NC(=N)c3ccccc3)c2c1.Cl.Cl. The first kappa shape index (κ1) is 30.6. The molecule has 0 saturated heterocycles.